The molecule has 1 N–H and O–H groups in total. The van der Waals surface area contributed by atoms with Crippen LogP contribution in [-0.2, 0) is 0 Å². The second kappa shape index (κ2) is 9.14. The minimum Gasteiger partial charge on any atom is -0.351 e. The van der Waals surface area contributed by atoms with Gasteiger partial charge in [-0.2, -0.15) is 0 Å². The molecule has 5 heteroatoms. The van der Waals surface area contributed by atoms with E-state index in [0.717, 1.165) is 10.6 Å². The number of nitrogens with one attached hydrogen (secondary N) is 1. The number of hydrogen-bond donors (Lipinski definition) is 1. The molecule has 0 saturated heterocycles. The topological polar surface area (TPSA) is 46.2 Å². The van der Waals surface area contributed by atoms with Crippen LogP contribution < -0.4 is 5.32 Å². The first-order valence-electron chi connectivity index (χ1n) is 8.50. The van der Waals surface area contributed by atoms with Gasteiger partial charge < -0.3 is 5.32 Å². The fraction of sp³-hybridized carbons (Fsp3) is 0.0909. The molecule has 3 nitrogen and oxygen atoms in total. The van der Waals surface area contributed by atoms with Crippen LogP contribution in [0.15, 0.2) is 83.8 Å². The summed E-state index contributed by atoms with van der Waals surface area (Å²) in [6.45, 7) is 0.484. The van der Waals surface area contributed by atoms with Gasteiger partial charge in [-0.25, -0.2) is 4.39 Å². The maximum absolute atomic E-state index is 13.1. The fourth-order valence-corrected chi connectivity index (χ4v) is 3.37. The molecular formula is C22H18FNO2S. The predicted molar refractivity (Wildman–Crippen MR) is 106 cm³/mol. The van der Waals surface area contributed by atoms with Crippen LogP contribution in [0.5, 0.6) is 0 Å². The summed E-state index contributed by atoms with van der Waals surface area (Å²) in [7, 11) is 0. The molecule has 0 aromatic heterocycles. The average molecular weight is 379 g/mol. The summed E-state index contributed by atoms with van der Waals surface area (Å²) < 4.78 is 13.1. The van der Waals surface area contributed by atoms with E-state index in [2.05, 4.69) is 5.32 Å². The minimum absolute atomic E-state index is 0.297. The standard InChI is InChI=1S/C22H18FNO2S/c23-17-12-10-16(11-13-17)21(25)19-8-4-5-9-20(19)22(26)24-14-15-27-18-6-2-1-3-7-18/h1-13H,14-15H2,(H,24,26). The third kappa shape index (κ3) is 5.05. The van der Waals surface area contributed by atoms with Crippen molar-refractivity contribution >= 4 is 23.5 Å². The van der Waals surface area contributed by atoms with Crippen molar-refractivity contribution in [3.05, 3.63) is 101 Å². The largest absolute Gasteiger partial charge is 0.351 e. The third-order valence-corrected chi connectivity index (χ3v) is 4.94. The van der Waals surface area contributed by atoms with E-state index in [1.54, 1.807) is 36.0 Å². The number of halogens is 1. The Labute approximate surface area is 161 Å². The summed E-state index contributed by atoms with van der Waals surface area (Å²) >= 11 is 1.65. The van der Waals surface area contributed by atoms with Gasteiger partial charge in [-0.1, -0.05) is 36.4 Å². The van der Waals surface area contributed by atoms with Gasteiger partial charge in [0, 0.05) is 28.3 Å². The first kappa shape index (κ1) is 18.9. The van der Waals surface area contributed by atoms with Crippen LogP contribution in [0.25, 0.3) is 0 Å². The summed E-state index contributed by atoms with van der Waals surface area (Å²) in [5, 5.41) is 2.85. The number of carbonyl (C=O) groups excluding carboxylic acids is 2. The molecule has 1 amide bonds. The Balaban J connectivity index is 1.65. The maximum atomic E-state index is 13.1. The molecule has 0 aliphatic heterocycles. The highest BCUT2D eigenvalue weighted by Gasteiger charge is 2.17. The third-order valence-electron chi connectivity index (χ3n) is 3.92. The minimum atomic E-state index is -0.409. The second-order valence-electron chi connectivity index (χ2n) is 5.80. The zero-order valence-corrected chi connectivity index (χ0v) is 15.3. The summed E-state index contributed by atoms with van der Waals surface area (Å²) in [5.74, 6) is -0.285. The lowest BCUT2D eigenvalue weighted by Gasteiger charge is -2.10. The van der Waals surface area contributed by atoms with Crippen molar-refractivity contribution < 1.29 is 14.0 Å². The number of amides is 1. The van der Waals surface area contributed by atoms with Gasteiger partial charge >= 0.3 is 0 Å². The Morgan fingerprint density at radius 2 is 1.44 bits per heavy atom. The van der Waals surface area contributed by atoms with E-state index in [9.17, 15) is 14.0 Å². The van der Waals surface area contributed by atoms with Crippen molar-refractivity contribution in [2.24, 2.45) is 0 Å². The molecule has 3 aromatic carbocycles. The highest BCUT2D eigenvalue weighted by molar-refractivity contribution is 7.99. The van der Waals surface area contributed by atoms with Crippen molar-refractivity contribution in [3.63, 3.8) is 0 Å². The van der Waals surface area contributed by atoms with Crippen molar-refractivity contribution in [2.45, 2.75) is 4.90 Å². The molecule has 0 radical (unpaired) electrons. The maximum Gasteiger partial charge on any atom is 0.252 e. The number of thioether (sulfide) groups is 1. The van der Waals surface area contributed by atoms with Crippen molar-refractivity contribution in [1.82, 2.24) is 5.32 Å². The molecule has 0 heterocycles. The Kier molecular flexibility index (Phi) is 6.39. The van der Waals surface area contributed by atoms with Crippen molar-refractivity contribution in [3.8, 4) is 0 Å². The van der Waals surface area contributed by atoms with E-state index in [4.69, 9.17) is 0 Å². The number of carbonyl (C=O) groups is 2. The highest BCUT2D eigenvalue weighted by atomic mass is 32.2. The first-order chi connectivity index (χ1) is 13.1. The van der Waals surface area contributed by atoms with Gasteiger partial charge in [-0.15, -0.1) is 11.8 Å². The zero-order chi connectivity index (χ0) is 19.1. The molecule has 27 heavy (non-hydrogen) atoms. The first-order valence-corrected chi connectivity index (χ1v) is 9.49. The van der Waals surface area contributed by atoms with Crippen LogP contribution in [-0.4, -0.2) is 24.0 Å². The lowest BCUT2D eigenvalue weighted by Crippen LogP contribution is -2.27. The van der Waals surface area contributed by atoms with Gasteiger partial charge in [-0.3, -0.25) is 9.59 Å². The molecule has 0 aliphatic rings. The number of benzene rings is 3. The number of hydrogen-bond acceptors (Lipinski definition) is 3. The Bertz CT molecular complexity index is 927. The van der Waals surface area contributed by atoms with Crippen molar-refractivity contribution in [1.29, 1.82) is 0 Å². The second-order valence-corrected chi connectivity index (χ2v) is 6.97. The van der Waals surface area contributed by atoms with Crippen LogP contribution in [0.3, 0.4) is 0 Å². The SMILES string of the molecule is O=C(NCCSc1ccccc1)c1ccccc1C(=O)c1ccc(F)cc1. The molecule has 0 atom stereocenters. The summed E-state index contributed by atoms with van der Waals surface area (Å²) in [5.41, 5.74) is 0.963. The zero-order valence-electron chi connectivity index (χ0n) is 14.5. The van der Waals surface area contributed by atoms with Gasteiger partial charge in [0.05, 0.1) is 5.56 Å². The normalized spacial score (nSPS) is 10.4. The Morgan fingerprint density at radius 1 is 0.815 bits per heavy atom. The predicted octanol–water partition coefficient (Wildman–Crippen LogP) is 4.58. The number of rotatable bonds is 7. The van der Waals surface area contributed by atoms with E-state index in [-0.39, 0.29) is 11.7 Å². The summed E-state index contributed by atoms with van der Waals surface area (Å²) in [6.07, 6.45) is 0. The van der Waals surface area contributed by atoms with E-state index < -0.39 is 5.82 Å². The Hall–Kier alpha value is -2.92. The van der Waals surface area contributed by atoms with E-state index >= 15 is 0 Å². The monoisotopic (exact) mass is 379 g/mol. The van der Waals surface area contributed by atoms with Crippen LogP contribution in [0.4, 0.5) is 4.39 Å². The highest BCUT2D eigenvalue weighted by Crippen LogP contribution is 2.17. The molecule has 0 fully saturated rings. The molecule has 0 saturated carbocycles. The quantitative estimate of drug-likeness (QED) is 0.371. The molecule has 0 unspecified atom stereocenters. The van der Waals surface area contributed by atoms with Crippen LogP contribution in [0.1, 0.15) is 26.3 Å². The molecule has 0 aliphatic carbocycles. The van der Waals surface area contributed by atoms with E-state index in [1.807, 2.05) is 30.3 Å². The molecule has 0 spiro atoms. The number of ketones is 1. The Morgan fingerprint density at radius 3 is 2.15 bits per heavy atom. The van der Waals surface area contributed by atoms with E-state index in [1.165, 1.54) is 24.3 Å². The van der Waals surface area contributed by atoms with E-state index in [0.29, 0.717) is 23.2 Å². The molecule has 136 valence electrons. The molecular weight excluding hydrogens is 361 g/mol. The van der Waals surface area contributed by atoms with Crippen LogP contribution in [0.2, 0.25) is 0 Å². The van der Waals surface area contributed by atoms with Crippen LogP contribution in [0, 0.1) is 5.82 Å². The van der Waals surface area contributed by atoms with Gasteiger partial charge in [0.1, 0.15) is 5.82 Å². The van der Waals surface area contributed by atoms with Crippen LogP contribution >= 0.6 is 11.8 Å². The fourth-order valence-electron chi connectivity index (χ4n) is 2.58. The summed E-state index contributed by atoms with van der Waals surface area (Å²) in [4.78, 5) is 26.4. The van der Waals surface area contributed by atoms with Gasteiger partial charge in [0.15, 0.2) is 5.78 Å². The molecule has 0 bridgehead atoms. The average Bonchev–Trinajstić information content (AvgIpc) is 2.72. The summed E-state index contributed by atoms with van der Waals surface area (Å²) in [6, 6.07) is 21.9. The smallest absolute Gasteiger partial charge is 0.252 e. The van der Waals surface area contributed by atoms with Gasteiger partial charge in [0.2, 0.25) is 0 Å². The lowest BCUT2D eigenvalue weighted by atomic mass is 9.98. The van der Waals surface area contributed by atoms with Gasteiger partial charge in [-0.05, 0) is 42.5 Å². The molecule has 3 aromatic rings. The molecule has 3 rings (SSSR count). The van der Waals surface area contributed by atoms with Crippen molar-refractivity contribution in [2.75, 3.05) is 12.3 Å². The van der Waals surface area contributed by atoms with Gasteiger partial charge in [0.25, 0.3) is 5.91 Å². The lowest BCUT2D eigenvalue weighted by molar-refractivity contribution is 0.0944.